The number of rotatable bonds is 3. The highest BCUT2D eigenvalue weighted by Gasteiger charge is 2.16. The molecule has 0 radical (unpaired) electrons. The molecule has 0 aliphatic heterocycles. The number of amides is 1. The molecule has 4 N–H and O–H groups in total. The van der Waals surface area contributed by atoms with Crippen molar-refractivity contribution in [1.29, 1.82) is 0 Å². The standard InChI is InChI=1S/C12H11N3O4/c1-6-4-8(10(14-6)12(18)19)15-11(17)7-2-3-9(16)13-5-7/h2-5,14H,1H3,(H,13,16)(H,15,17)(H,18,19). The van der Waals surface area contributed by atoms with Gasteiger partial charge in [0.05, 0.1) is 11.3 Å². The number of H-pyrrole nitrogens is 2. The number of aromatic carboxylic acids is 1. The van der Waals surface area contributed by atoms with Crippen LogP contribution in [0.1, 0.15) is 26.5 Å². The van der Waals surface area contributed by atoms with Crippen LogP contribution in [0.4, 0.5) is 5.69 Å². The predicted molar refractivity (Wildman–Crippen MR) is 67.5 cm³/mol. The average molecular weight is 261 g/mol. The Bertz CT molecular complexity index is 679. The number of carbonyl (C=O) groups excluding carboxylic acids is 1. The van der Waals surface area contributed by atoms with E-state index in [4.69, 9.17) is 5.11 Å². The fourth-order valence-corrected chi connectivity index (χ4v) is 1.60. The molecule has 0 aliphatic rings. The van der Waals surface area contributed by atoms with E-state index in [-0.39, 0.29) is 22.5 Å². The smallest absolute Gasteiger partial charge is 0.354 e. The second-order valence-corrected chi connectivity index (χ2v) is 3.94. The van der Waals surface area contributed by atoms with Crippen molar-refractivity contribution < 1.29 is 14.7 Å². The van der Waals surface area contributed by atoms with Gasteiger partial charge in [0, 0.05) is 18.0 Å². The van der Waals surface area contributed by atoms with Crippen molar-refractivity contribution in [2.75, 3.05) is 5.32 Å². The van der Waals surface area contributed by atoms with Gasteiger partial charge in [-0.05, 0) is 19.1 Å². The first-order valence-corrected chi connectivity index (χ1v) is 5.40. The third-order valence-electron chi connectivity index (χ3n) is 2.46. The molecule has 0 saturated carbocycles. The summed E-state index contributed by atoms with van der Waals surface area (Å²) in [7, 11) is 0. The molecular formula is C12H11N3O4. The maximum atomic E-state index is 11.9. The predicted octanol–water partition coefficient (Wildman–Crippen LogP) is 0.962. The van der Waals surface area contributed by atoms with Crippen LogP contribution < -0.4 is 10.9 Å². The zero-order valence-corrected chi connectivity index (χ0v) is 9.98. The summed E-state index contributed by atoms with van der Waals surface area (Å²) in [6.45, 7) is 1.68. The Labute approximate surface area is 107 Å². The zero-order chi connectivity index (χ0) is 14.0. The number of aryl methyl sites for hydroxylation is 1. The molecule has 2 aromatic rings. The summed E-state index contributed by atoms with van der Waals surface area (Å²) < 4.78 is 0. The van der Waals surface area contributed by atoms with Gasteiger partial charge in [-0.2, -0.15) is 0 Å². The molecule has 7 heteroatoms. The van der Waals surface area contributed by atoms with Crippen molar-refractivity contribution >= 4 is 17.6 Å². The molecule has 0 aliphatic carbocycles. The number of pyridine rings is 1. The van der Waals surface area contributed by atoms with Crippen LogP contribution in [0.2, 0.25) is 0 Å². The van der Waals surface area contributed by atoms with E-state index in [9.17, 15) is 14.4 Å². The molecule has 2 rings (SSSR count). The Morgan fingerprint density at radius 1 is 1.32 bits per heavy atom. The fourth-order valence-electron chi connectivity index (χ4n) is 1.60. The molecule has 2 heterocycles. The Hall–Kier alpha value is -2.83. The van der Waals surface area contributed by atoms with E-state index in [0.717, 1.165) is 0 Å². The van der Waals surface area contributed by atoms with Crippen LogP contribution in [0.3, 0.4) is 0 Å². The van der Waals surface area contributed by atoms with Crippen molar-refractivity contribution in [2.45, 2.75) is 6.92 Å². The first kappa shape index (κ1) is 12.6. The minimum Gasteiger partial charge on any atom is -0.477 e. The van der Waals surface area contributed by atoms with Gasteiger partial charge >= 0.3 is 5.97 Å². The summed E-state index contributed by atoms with van der Waals surface area (Å²) in [5, 5.41) is 11.4. The van der Waals surface area contributed by atoms with Crippen LogP contribution in [0.25, 0.3) is 0 Å². The summed E-state index contributed by atoms with van der Waals surface area (Å²) in [6, 6.07) is 4.09. The quantitative estimate of drug-likeness (QED) is 0.658. The van der Waals surface area contributed by atoms with Crippen molar-refractivity contribution in [2.24, 2.45) is 0 Å². The lowest BCUT2D eigenvalue weighted by Crippen LogP contribution is -2.16. The minimum atomic E-state index is -1.16. The maximum absolute atomic E-state index is 11.9. The average Bonchev–Trinajstić information content (AvgIpc) is 2.71. The molecule has 0 spiro atoms. The van der Waals surface area contributed by atoms with E-state index < -0.39 is 11.9 Å². The van der Waals surface area contributed by atoms with E-state index in [1.54, 1.807) is 6.92 Å². The lowest BCUT2D eigenvalue weighted by molar-refractivity contribution is 0.0692. The van der Waals surface area contributed by atoms with E-state index in [0.29, 0.717) is 5.69 Å². The van der Waals surface area contributed by atoms with Gasteiger partial charge in [0.25, 0.3) is 5.91 Å². The Morgan fingerprint density at radius 3 is 2.63 bits per heavy atom. The Balaban J connectivity index is 2.26. The summed E-state index contributed by atoms with van der Waals surface area (Å²) >= 11 is 0. The summed E-state index contributed by atoms with van der Waals surface area (Å²) in [6.07, 6.45) is 1.26. The van der Waals surface area contributed by atoms with Crippen molar-refractivity contribution in [3.05, 3.63) is 51.7 Å². The number of aromatic nitrogens is 2. The van der Waals surface area contributed by atoms with Crippen LogP contribution in [-0.4, -0.2) is 27.0 Å². The van der Waals surface area contributed by atoms with Crippen LogP contribution in [0.15, 0.2) is 29.2 Å². The molecule has 0 unspecified atom stereocenters. The highest BCUT2D eigenvalue weighted by molar-refractivity contribution is 6.07. The molecule has 0 fully saturated rings. The number of aromatic amines is 2. The maximum Gasteiger partial charge on any atom is 0.354 e. The molecule has 19 heavy (non-hydrogen) atoms. The number of hydrogen-bond acceptors (Lipinski definition) is 3. The number of carbonyl (C=O) groups is 2. The van der Waals surface area contributed by atoms with Crippen LogP contribution >= 0.6 is 0 Å². The van der Waals surface area contributed by atoms with Crippen LogP contribution in [0.5, 0.6) is 0 Å². The molecule has 1 amide bonds. The molecule has 0 saturated heterocycles. The highest BCUT2D eigenvalue weighted by Crippen LogP contribution is 2.17. The number of hydrogen-bond donors (Lipinski definition) is 4. The molecule has 0 atom stereocenters. The lowest BCUT2D eigenvalue weighted by atomic mass is 10.2. The van der Waals surface area contributed by atoms with Gasteiger partial charge in [-0.15, -0.1) is 0 Å². The van der Waals surface area contributed by atoms with Gasteiger partial charge in [-0.1, -0.05) is 0 Å². The normalized spacial score (nSPS) is 10.2. The minimum absolute atomic E-state index is 0.0877. The Kier molecular flexibility index (Phi) is 3.19. The number of nitrogens with one attached hydrogen (secondary N) is 3. The first-order chi connectivity index (χ1) is 8.97. The second-order valence-electron chi connectivity index (χ2n) is 3.94. The second kappa shape index (κ2) is 4.81. The number of carboxylic acid groups (broad SMARTS) is 1. The largest absolute Gasteiger partial charge is 0.477 e. The molecule has 98 valence electrons. The molecule has 7 nitrogen and oxygen atoms in total. The highest BCUT2D eigenvalue weighted by atomic mass is 16.4. The topological polar surface area (TPSA) is 115 Å². The van der Waals surface area contributed by atoms with Gasteiger partial charge in [-0.25, -0.2) is 4.79 Å². The third-order valence-corrected chi connectivity index (χ3v) is 2.46. The van der Waals surface area contributed by atoms with Crippen molar-refractivity contribution in [1.82, 2.24) is 9.97 Å². The SMILES string of the molecule is Cc1cc(NC(=O)c2ccc(=O)[nH]c2)c(C(=O)O)[nH]1. The van der Waals surface area contributed by atoms with Crippen molar-refractivity contribution in [3.8, 4) is 0 Å². The van der Waals surface area contributed by atoms with Gasteiger partial charge in [0.2, 0.25) is 5.56 Å². The van der Waals surface area contributed by atoms with Gasteiger partial charge < -0.3 is 20.4 Å². The summed E-state index contributed by atoms with van der Waals surface area (Å²) in [5.41, 5.74) is 0.626. The fraction of sp³-hybridized carbons (Fsp3) is 0.0833. The zero-order valence-electron chi connectivity index (χ0n) is 9.98. The van der Waals surface area contributed by atoms with Gasteiger partial charge in [0.15, 0.2) is 0 Å². The summed E-state index contributed by atoms with van der Waals surface area (Å²) in [5.74, 6) is -1.66. The Morgan fingerprint density at radius 2 is 2.05 bits per heavy atom. The van der Waals surface area contributed by atoms with Crippen LogP contribution in [0, 0.1) is 6.92 Å². The molecule has 2 aromatic heterocycles. The third kappa shape index (κ3) is 2.71. The first-order valence-electron chi connectivity index (χ1n) is 5.40. The monoisotopic (exact) mass is 261 g/mol. The number of carboxylic acids is 1. The molecule has 0 aromatic carbocycles. The molecular weight excluding hydrogens is 250 g/mol. The van der Waals surface area contributed by atoms with E-state index in [1.165, 1.54) is 24.4 Å². The lowest BCUT2D eigenvalue weighted by Gasteiger charge is -2.03. The van der Waals surface area contributed by atoms with Crippen molar-refractivity contribution in [3.63, 3.8) is 0 Å². The number of anilines is 1. The summed E-state index contributed by atoms with van der Waals surface area (Å²) in [4.78, 5) is 38.7. The molecule has 0 bridgehead atoms. The van der Waals surface area contributed by atoms with Gasteiger partial charge in [-0.3, -0.25) is 9.59 Å². The van der Waals surface area contributed by atoms with Gasteiger partial charge in [0.1, 0.15) is 5.69 Å². The van der Waals surface area contributed by atoms with Crippen LogP contribution in [-0.2, 0) is 0 Å². The van der Waals surface area contributed by atoms with E-state index in [2.05, 4.69) is 15.3 Å². The van der Waals surface area contributed by atoms with E-state index in [1.807, 2.05) is 0 Å². The van der Waals surface area contributed by atoms with E-state index >= 15 is 0 Å².